The number of nitrogens with zero attached hydrogens (tertiary/aromatic N) is 2. The van der Waals surface area contributed by atoms with Gasteiger partial charge in [0.05, 0.1) is 13.2 Å². The number of rotatable bonds is 5. The van der Waals surface area contributed by atoms with Crippen LogP contribution < -0.4 is 5.32 Å². The molecule has 0 radical (unpaired) electrons. The van der Waals surface area contributed by atoms with E-state index in [1.165, 1.54) is 6.42 Å². The van der Waals surface area contributed by atoms with Crippen LogP contribution >= 0.6 is 0 Å². The molecule has 25 heavy (non-hydrogen) atoms. The summed E-state index contributed by atoms with van der Waals surface area (Å²) >= 11 is 0. The number of carbonyl (C=O) groups excluding carboxylic acids is 2. The SMILES string of the molecule is O=C(NCCN1CCOCC1)c1cccc(C(=O)N2CCCCC2)c1. The quantitative estimate of drug-likeness (QED) is 0.876. The largest absolute Gasteiger partial charge is 0.379 e. The number of nitrogens with one attached hydrogen (secondary N) is 1. The summed E-state index contributed by atoms with van der Waals surface area (Å²) in [7, 11) is 0. The summed E-state index contributed by atoms with van der Waals surface area (Å²) in [6.07, 6.45) is 3.32. The first-order valence-corrected chi connectivity index (χ1v) is 9.22. The highest BCUT2D eigenvalue weighted by molar-refractivity contribution is 5.99. The normalized spacial score (nSPS) is 18.8. The van der Waals surface area contributed by atoms with Crippen molar-refractivity contribution in [1.82, 2.24) is 15.1 Å². The number of ether oxygens (including phenoxy) is 1. The summed E-state index contributed by atoms with van der Waals surface area (Å²) in [5.41, 5.74) is 1.15. The lowest BCUT2D eigenvalue weighted by molar-refractivity contribution is 0.0383. The minimum atomic E-state index is -0.124. The van der Waals surface area contributed by atoms with E-state index in [1.807, 2.05) is 4.90 Å². The first kappa shape index (κ1) is 17.9. The zero-order valence-corrected chi connectivity index (χ0v) is 14.7. The van der Waals surface area contributed by atoms with Crippen LogP contribution in [0.1, 0.15) is 40.0 Å². The maximum absolute atomic E-state index is 12.6. The molecule has 2 aliphatic heterocycles. The molecule has 0 saturated carbocycles. The molecule has 2 heterocycles. The lowest BCUT2D eigenvalue weighted by atomic mass is 10.1. The van der Waals surface area contributed by atoms with Gasteiger partial charge in [0.15, 0.2) is 0 Å². The number of amides is 2. The molecule has 2 saturated heterocycles. The Morgan fingerprint density at radius 3 is 2.48 bits per heavy atom. The molecule has 2 amide bonds. The molecule has 6 heteroatoms. The topological polar surface area (TPSA) is 61.9 Å². The highest BCUT2D eigenvalue weighted by Gasteiger charge is 2.19. The summed E-state index contributed by atoms with van der Waals surface area (Å²) < 4.78 is 5.32. The van der Waals surface area contributed by atoms with Crippen LogP contribution in [-0.2, 0) is 4.74 Å². The number of likely N-dealkylation sites (tertiary alicyclic amines) is 1. The lowest BCUT2D eigenvalue weighted by Gasteiger charge is -2.27. The molecular weight excluding hydrogens is 318 g/mol. The summed E-state index contributed by atoms with van der Waals surface area (Å²) in [6.45, 7) is 6.39. The maximum Gasteiger partial charge on any atom is 0.253 e. The highest BCUT2D eigenvalue weighted by Crippen LogP contribution is 2.14. The van der Waals surface area contributed by atoms with Gasteiger partial charge in [-0.05, 0) is 37.5 Å². The Labute approximate surface area is 149 Å². The zero-order valence-electron chi connectivity index (χ0n) is 14.7. The predicted octanol–water partition coefficient (Wildman–Crippen LogP) is 1.37. The molecule has 1 N–H and O–H groups in total. The first-order chi connectivity index (χ1) is 12.2. The fraction of sp³-hybridized carbons (Fsp3) is 0.579. The van der Waals surface area contributed by atoms with Gasteiger partial charge >= 0.3 is 0 Å². The van der Waals surface area contributed by atoms with Crippen LogP contribution in [0, 0.1) is 0 Å². The summed E-state index contributed by atoms with van der Waals surface area (Å²) in [5.74, 6) is -0.0933. The van der Waals surface area contributed by atoms with Gasteiger partial charge in [-0.2, -0.15) is 0 Å². The number of hydrogen-bond donors (Lipinski definition) is 1. The van der Waals surface area contributed by atoms with E-state index in [-0.39, 0.29) is 11.8 Å². The highest BCUT2D eigenvalue weighted by atomic mass is 16.5. The molecule has 0 aliphatic carbocycles. The fourth-order valence-corrected chi connectivity index (χ4v) is 3.33. The molecule has 0 spiro atoms. The molecular formula is C19H27N3O3. The van der Waals surface area contributed by atoms with Gasteiger partial charge in [-0.25, -0.2) is 0 Å². The number of piperidine rings is 1. The molecule has 2 fully saturated rings. The Balaban J connectivity index is 1.52. The van der Waals surface area contributed by atoms with Crippen molar-refractivity contribution in [2.45, 2.75) is 19.3 Å². The van der Waals surface area contributed by atoms with E-state index in [2.05, 4.69) is 10.2 Å². The summed E-state index contributed by atoms with van der Waals surface area (Å²) in [5, 5.41) is 2.95. The number of benzene rings is 1. The molecule has 6 nitrogen and oxygen atoms in total. The first-order valence-electron chi connectivity index (χ1n) is 9.22. The van der Waals surface area contributed by atoms with Crippen LogP contribution in [0.3, 0.4) is 0 Å². The lowest BCUT2D eigenvalue weighted by Crippen LogP contribution is -2.41. The van der Waals surface area contributed by atoms with Crippen molar-refractivity contribution >= 4 is 11.8 Å². The molecule has 3 rings (SSSR count). The van der Waals surface area contributed by atoms with Crippen LogP contribution in [-0.4, -0.2) is 74.1 Å². The van der Waals surface area contributed by atoms with Crippen molar-refractivity contribution in [3.8, 4) is 0 Å². The van der Waals surface area contributed by atoms with Gasteiger partial charge in [0, 0.05) is 50.4 Å². The zero-order chi connectivity index (χ0) is 17.5. The van der Waals surface area contributed by atoms with E-state index in [4.69, 9.17) is 4.74 Å². The standard InChI is InChI=1S/C19H27N3O3/c23-18(20-7-10-21-11-13-25-14-12-21)16-5-4-6-17(15-16)19(24)22-8-2-1-3-9-22/h4-6,15H,1-3,7-14H2,(H,20,23). The maximum atomic E-state index is 12.6. The third-order valence-corrected chi connectivity index (χ3v) is 4.83. The van der Waals surface area contributed by atoms with E-state index in [9.17, 15) is 9.59 Å². The van der Waals surface area contributed by atoms with E-state index >= 15 is 0 Å². The number of morpholine rings is 1. The van der Waals surface area contributed by atoms with Crippen LogP contribution in [0.5, 0.6) is 0 Å². The monoisotopic (exact) mass is 345 g/mol. The van der Waals surface area contributed by atoms with Gasteiger partial charge < -0.3 is 15.0 Å². The second kappa shape index (κ2) is 8.97. The van der Waals surface area contributed by atoms with Gasteiger partial charge in [-0.3, -0.25) is 14.5 Å². The van der Waals surface area contributed by atoms with Crippen molar-refractivity contribution in [2.75, 3.05) is 52.5 Å². The molecule has 2 aliphatic rings. The molecule has 1 aromatic carbocycles. The Bertz CT molecular complexity index is 593. The third kappa shape index (κ3) is 5.03. The number of hydrogen-bond acceptors (Lipinski definition) is 4. The van der Waals surface area contributed by atoms with Gasteiger partial charge in [-0.15, -0.1) is 0 Å². The second-order valence-corrected chi connectivity index (χ2v) is 6.64. The van der Waals surface area contributed by atoms with Crippen molar-refractivity contribution in [3.05, 3.63) is 35.4 Å². The number of carbonyl (C=O) groups is 2. The van der Waals surface area contributed by atoms with Gasteiger partial charge in [-0.1, -0.05) is 6.07 Å². The summed E-state index contributed by atoms with van der Waals surface area (Å²) in [4.78, 5) is 29.1. The Morgan fingerprint density at radius 1 is 1.00 bits per heavy atom. The fourth-order valence-electron chi connectivity index (χ4n) is 3.33. The second-order valence-electron chi connectivity index (χ2n) is 6.64. The molecule has 0 unspecified atom stereocenters. The average molecular weight is 345 g/mol. The molecule has 1 aromatic rings. The van der Waals surface area contributed by atoms with Gasteiger partial charge in [0.25, 0.3) is 11.8 Å². The van der Waals surface area contributed by atoms with Crippen LogP contribution in [0.15, 0.2) is 24.3 Å². The average Bonchev–Trinajstić information content (AvgIpc) is 2.69. The Hall–Kier alpha value is -1.92. The van der Waals surface area contributed by atoms with Crippen molar-refractivity contribution in [2.24, 2.45) is 0 Å². The third-order valence-electron chi connectivity index (χ3n) is 4.83. The minimum Gasteiger partial charge on any atom is -0.379 e. The van der Waals surface area contributed by atoms with Gasteiger partial charge in [0.1, 0.15) is 0 Å². The molecule has 0 bridgehead atoms. The van der Waals surface area contributed by atoms with Crippen LogP contribution in [0.4, 0.5) is 0 Å². The van der Waals surface area contributed by atoms with E-state index in [1.54, 1.807) is 24.3 Å². The Kier molecular flexibility index (Phi) is 6.42. The van der Waals surface area contributed by atoms with Crippen LogP contribution in [0.25, 0.3) is 0 Å². The Morgan fingerprint density at radius 2 is 1.72 bits per heavy atom. The summed E-state index contributed by atoms with van der Waals surface area (Å²) in [6, 6.07) is 7.05. The minimum absolute atomic E-state index is 0.0302. The van der Waals surface area contributed by atoms with E-state index in [0.717, 1.165) is 58.8 Å². The van der Waals surface area contributed by atoms with E-state index < -0.39 is 0 Å². The van der Waals surface area contributed by atoms with Gasteiger partial charge in [0.2, 0.25) is 0 Å². The van der Waals surface area contributed by atoms with Crippen LogP contribution in [0.2, 0.25) is 0 Å². The van der Waals surface area contributed by atoms with Crippen molar-refractivity contribution in [3.63, 3.8) is 0 Å². The smallest absolute Gasteiger partial charge is 0.253 e. The van der Waals surface area contributed by atoms with Crippen molar-refractivity contribution < 1.29 is 14.3 Å². The molecule has 136 valence electrons. The van der Waals surface area contributed by atoms with E-state index in [0.29, 0.717) is 17.7 Å². The van der Waals surface area contributed by atoms with Crippen molar-refractivity contribution in [1.29, 1.82) is 0 Å². The predicted molar refractivity (Wildman–Crippen MR) is 95.8 cm³/mol. The molecule has 0 aromatic heterocycles. The molecule has 0 atom stereocenters.